The number of nitrogens with one attached hydrogen (secondary N) is 1. The van der Waals surface area contributed by atoms with E-state index in [1.54, 1.807) is 32.0 Å². The van der Waals surface area contributed by atoms with Crippen molar-refractivity contribution in [3.63, 3.8) is 0 Å². The molecule has 0 saturated carbocycles. The van der Waals surface area contributed by atoms with Crippen LogP contribution < -0.4 is 5.32 Å². The van der Waals surface area contributed by atoms with Gasteiger partial charge in [-0.1, -0.05) is 36.2 Å². The molecule has 6 heteroatoms. The Morgan fingerprint density at radius 2 is 1.95 bits per heavy atom. The number of hydrogen-bond donors (Lipinski definition) is 1. The van der Waals surface area contributed by atoms with Gasteiger partial charge < -0.3 is 10.1 Å². The van der Waals surface area contributed by atoms with Crippen LogP contribution >= 0.6 is 23.2 Å². The number of esters is 1. The number of benzene rings is 1. The van der Waals surface area contributed by atoms with Gasteiger partial charge in [0, 0.05) is 16.5 Å². The summed E-state index contributed by atoms with van der Waals surface area (Å²) < 4.78 is 4.94. The van der Waals surface area contributed by atoms with Crippen molar-refractivity contribution in [2.75, 3.05) is 0 Å². The highest BCUT2D eigenvalue weighted by atomic mass is 35.5. The fraction of sp³-hybridized carbons (Fsp3) is 0.429. The molecule has 0 fully saturated rings. The third-order valence-electron chi connectivity index (χ3n) is 2.75. The molecule has 0 aliphatic rings. The van der Waals surface area contributed by atoms with E-state index in [1.807, 2.05) is 0 Å². The van der Waals surface area contributed by atoms with Gasteiger partial charge in [-0.25, -0.2) is 0 Å². The normalized spacial score (nSPS) is 13.4. The summed E-state index contributed by atoms with van der Waals surface area (Å²) in [5.41, 5.74) is 0.749. The predicted molar refractivity (Wildman–Crippen MR) is 78.9 cm³/mol. The average Bonchev–Trinajstić information content (AvgIpc) is 2.37. The van der Waals surface area contributed by atoms with Crippen LogP contribution in [0.5, 0.6) is 0 Å². The fourth-order valence-electron chi connectivity index (χ4n) is 1.60. The van der Waals surface area contributed by atoms with Crippen LogP contribution in [0, 0.1) is 0 Å². The minimum Gasteiger partial charge on any atom is -0.453 e. The van der Waals surface area contributed by atoms with Crippen molar-refractivity contribution in [3.05, 3.63) is 33.8 Å². The van der Waals surface area contributed by atoms with E-state index < -0.39 is 12.1 Å². The Kier molecular flexibility index (Phi) is 6.30. The van der Waals surface area contributed by atoms with Crippen LogP contribution in [0.1, 0.15) is 38.8 Å². The van der Waals surface area contributed by atoms with Gasteiger partial charge in [-0.05, 0) is 31.5 Å². The number of ether oxygens (including phenoxy) is 1. The zero-order valence-electron chi connectivity index (χ0n) is 11.6. The van der Waals surface area contributed by atoms with Crippen molar-refractivity contribution in [3.8, 4) is 0 Å². The molecular formula is C14H17Cl2NO3. The molecule has 0 aliphatic carbocycles. The molecule has 2 atom stereocenters. The van der Waals surface area contributed by atoms with Crippen molar-refractivity contribution in [2.24, 2.45) is 0 Å². The van der Waals surface area contributed by atoms with Gasteiger partial charge in [0.15, 0.2) is 6.10 Å². The van der Waals surface area contributed by atoms with E-state index in [2.05, 4.69) is 5.32 Å². The smallest absolute Gasteiger partial charge is 0.306 e. The van der Waals surface area contributed by atoms with E-state index in [4.69, 9.17) is 27.9 Å². The molecule has 0 aliphatic heterocycles. The third kappa shape index (κ3) is 4.69. The van der Waals surface area contributed by atoms with E-state index >= 15 is 0 Å². The maximum Gasteiger partial charge on any atom is 0.306 e. The SMILES string of the molecule is CCC(=O)O[C@H](C)C(=O)N[C@H](C)c1ccc(Cl)cc1Cl. The number of carbonyl (C=O) groups is 2. The molecule has 0 aromatic heterocycles. The minimum absolute atomic E-state index is 0.232. The molecule has 0 unspecified atom stereocenters. The van der Waals surface area contributed by atoms with Crippen molar-refractivity contribution < 1.29 is 14.3 Å². The lowest BCUT2D eigenvalue weighted by atomic mass is 10.1. The standard InChI is InChI=1S/C14H17Cl2NO3/c1-4-13(18)20-9(3)14(19)17-8(2)11-6-5-10(15)7-12(11)16/h5-9H,4H2,1-3H3,(H,17,19)/t8-,9-/m1/s1. The van der Waals surface area contributed by atoms with Gasteiger partial charge in [-0.2, -0.15) is 0 Å². The summed E-state index contributed by atoms with van der Waals surface area (Å²) in [7, 11) is 0. The number of halogens is 2. The van der Waals surface area contributed by atoms with E-state index in [9.17, 15) is 9.59 Å². The summed E-state index contributed by atoms with van der Waals surface area (Å²) >= 11 is 11.9. The molecule has 0 bridgehead atoms. The molecule has 1 aromatic carbocycles. The fourth-order valence-corrected chi connectivity index (χ4v) is 2.17. The van der Waals surface area contributed by atoms with Gasteiger partial charge in [-0.15, -0.1) is 0 Å². The van der Waals surface area contributed by atoms with Crippen LogP contribution in [-0.2, 0) is 14.3 Å². The van der Waals surface area contributed by atoms with Crippen molar-refractivity contribution in [1.82, 2.24) is 5.32 Å². The second kappa shape index (κ2) is 7.50. The van der Waals surface area contributed by atoms with Crippen molar-refractivity contribution in [1.29, 1.82) is 0 Å². The maximum atomic E-state index is 11.9. The van der Waals surface area contributed by atoms with E-state index in [-0.39, 0.29) is 18.4 Å². The first-order valence-electron chi connectivity index (χ1n) is 6.30. The first-order chi connectivity index (χ1) is 9.35. The Morgan fingerprint density at radius 3 is 2.50 bits per heavy atom. The third-order valence-corrected chi connectivity index (χ3v) is 3.32. The zero-order chi connectivity index (χ0) is 15.3. The van der Waals surface area contributed by atoms with E-state index in [0.717, 1.165) is 5.56 Å². The average molecular weight is 318 g/mol. The molecule has 0 saturated heterocycles. The summed E-state index contributed by atoms with van der Waals surface area (Å²) in [5, 5.41) is 3.75. The van der Waals surface area contributed by atoms with Gasteiger partial charge in [0.25, 0.3) is 5.91 Å². The molecule has 0 heterocycles. The number of rotatable bonds is 5. The highest BCUT2D eigenvalue weighted by Crippen LogP contribution is 2.26. The molecule has 0 radical (unpaired) electrons. The number of carbonyl (C=O) groups excluding carboxylic acids is 2. The van der Waals surface area contributed by atoms with Gasteiger partial charge >= 0.3 is 5.97 Å². The summed E-state index contributed by atoms with van der Waals surface area (Å²) in [6.45, 7) is 4.99. The molecular weight excluding hydrogens is 301 g/mol. The van der Waals surface area contributed by atoms with Gasteiger partial charge in [0.2, 0.25) is 0 Å². The van der Waals surface area contributed by atoms with Crippen LogP contribution in [0.15, 0.2) is 18.2 Å². The van der Waals surface area contributed by atoms with E-state index in [0.29, 0.717) is 10.0 Å². The Bertz CT molecular complexity index is 505. The number of amides is 1. The summed E-state index contributed by atoms with van der Waals surface area (Å²) in [6.07, 6.45) is -0.605. The highest BCUT2D eigenvalue weighted by Gasteiger charge is 2.20. The molecule has 1 rings (SSSR count). The lowest BCUT2D eigenvalue weighted by Gasteiger charge is -2.19. The quantitative estimate of drug-likeness (QED) is 0.845. The molecule has 4 nitrogen and oxygen atoms in total. The lowest BCUT2D eigenvalue weighted by Crippen LogP contribution is -2.37. The van der Waals surface area contributed by atoms with Crippen LogP contribution in [0.25, 0.3) is 0 Å². The largest absolute Gasteiger partial charge is 0.453 e. The van der Waals surface area contributed by atoms with Crippen LogP contribution in [-0.4, -0.2) is 18.0 Å². The van der Waals surface area contributed by atoms with Crippen LogP contribution in [0.4, 0.5) is 0 Å². The molecule has 20 heavy (non-hydrogen) atoms. The molecule has 1 N–H and O–H groups in total. The predicted octanol–water partition coefficient (Wildman–Crippen LogP) is 3.51. The lowest BCUT2D eigenvalue weighted by molar-refractivity contribution is -0.154. The molecule has 110 valence electrons. The summed E-state index contributed by atoms with van der Waals surface area (Å²) in [6, 6.07) is 4.75. The minimum atomic E-state index is -0.837. The van der Waals surface area contributed by atoms with Gasteiger partial charge in [0.1, 0.15) is 0 Å². The second-order valence-electron chi connectivity index (χ2n) is 4.38. The van der Waals surface area contributed by atoms with Crippen molar-refractivity contribution in [2.45, 2.75) is 39.3 Å². The van der Waals surface area contributed by atoms with Crippen molar-refractivity contribution >= 4 is 35.1 Å². The first-order valence-corrected chi connectivity index (χ1v) is 7.05. The van der Waals surface area contributed by atoms with Crippen LogP contribution in [0.3, 0.4) is 0 Å². The maximum absolute atomic E-state index is 11.9. The Labute approximate surface area is 128 Å². The summed E-state index contributed by atoms with van der Waals surface area (Å²) in [5.74, 6) is -0.782. The number of hydrogen-bond acceptors (Lipinski definition) is 3. The van der Waals surface area contributed by atoms with Gasteiger partial charge in [0.05, 0.1) is 6.04 Å². The Balaban J connectivity index is 2.67. The Hall–Kier alpha value is -1.26. The Morgan fingerprint density at radius 1 is 1.30 bits per heavy atom. The second-order valence-corrected chi connectivity index (χ2v) is 5.23. The monoisotopic (exact) mass is 317 g/mol. The molecule has 1 amide bonds. The topological polar surface area (TPSA) is 55.4 Å². The van der Waals surface area contributed by atoms with E-state index in [1.165, 1.54) is 6.92 Å². The highest BCUT2D eigenvalue weighted by molar-refractivity contribution is 6.35. The first kappa shape index (κ1) is 16.8. The summed E-state index contributed by atoms with van der Waals surface area (Å²) in [4.78, 5) is 23.0. The zero-order valence-corrected chi connectivity index (χ0v) is 13.1. The molecule has 0 spiro atoms. The van der Waals surface area contributed by atoms with Gasteiger partial charge in [-0.3, -0.25) is 9.59 Å². The van der Waals surface area contributed by atoms with Crippen LogP contribution in [0.2, 0.25) is 10.0 Å². The molecule has 1 aromatic rings.